The predicted molar refractivity (Wildman–Crippen MR) is 247 cm³/mol. The molecule has 1 fully saturated rings. The number of ether oxygens (including phenoxy) is 4. The summed E-state index contributed by atoms with van der Waals surface area (Å²) in [6.07, 6.45) is 3.97. The number of aliphatic imine (C=N–C) groups is 1. The topological polar surface area (TPSA) is 243 Å². The van der Waals surface area contributed by atoms with Gasteiger partial charge in [-0.2, -0.15) is 0 Å². The van der Waals surface area contributed by atoms with Crippen LogP contribution in [-0.4, -0.2) is 127 Å². The molecule has 2 unspecified atom stereocenters. The lowest BCUT2D eigenvalue weighted by Gasteiger charge is -2.38. The van der Waals surface area contributed by atoms with Crippen molar-refractivity contribution in [3.63, 3.8) is 0 Å². The number of amides is 1. The van der Waals surface area contributed by atoms with Crippen LogP contribution in [-0.2, 0) is 28.6 Å². The number of hydrogen-bond donors (Lipinski definition) is 6. The van der Waals surface area contributed by atoms with E-state index in [1.807, 2.05) is 0 Å². The molecule has 6 N–H and O–H groups in total. The molecule has 4 heterocycles. The molecule has 65 heavy (non-hydrogen) atoms. The molecular formula is C47H61IN4O13. The Balaban J connectivity index is 1.48. The number of likely N-dealkylation sites (tertiary alicyclic amines) is 1. The number of rotatable bonds is 6. The van der Waals surface area contributed by atoms with E-state index in [0.29, 0.717) is 29.9 Å². The highest BCUT2D eigenvalue weighted by atomic mass is 127. The van der Waals surface area contributed by atoms with E-state index in [4.69, 9.17) is 23.9 Å². The van der Waals surface area contributed by atoms with Crippen molar-refractivity contribution < 1.29 is 63.3 Å². The fourth-order valence-electron chi connectivity index (χ4n) is 9.26. The van der Waals surface area contributed by atoms with Crippen LogP contribution >= 0.6 is 22.6 Å². The number of carboxylic acid groups (broad SMARTS) is 1. The van der Waals surface area contributed by atoms with E-state index >= 15 is 0 Å². The third-order valence-corrected chi connectivity index (χ3v) is 13.9. The van der Waals surface area contributed by atoms with Gasteiger partial charge in [-0.05, 0) is 26.8 Å². The van der Waals surface area contributed by atoms with Crippen molar-refractivity contribution in [1.82, 2.24) is 15.5 Å². The third kappa shape index (κ3) is 9.51. The van der Waals surface area contributed by atoms with Crippen LogP contribution in [0.3, 0.4) is 0 Å². The highest BCUT2D eigenvalue weighted by Crippen LogP contribution is 2.50. The molecule has 1 spiro atoms. The summed E-state index contributed by atoms with van der Waals surface area (Å²) in [4.78, 5) is 75.9. The second-order valence-electron chi connectivity index (χ2n) is 18.3. The Morgan fingerprint density at radius 2 is 1.65 bits per heavy atom. The maximum absolute atomic E-state index is 14.8. The van der Waals surface area contributed by atoms with Crippen LogP contribution in [0.1, 0.15) is 100 Å². The fraction of sp³-hybridized carbons (Fsp3) is 0.574. The summed E-state index contributed by atoms with van der Waals surface area (Å²) in [7, 11) is 1.39. The van der Waals surface area contributed by atoms with Crippen LogP contribution in [0.2, 0.25) is 0 Å². The first kappa shape index (κ1) is 49.8. The number of halogens is 1. The Morgan fingerprint density at radius 3 is 2.26 bits per heavy atom. The van der Waals surface area contributed by atoms with Gasteiger partial charge in [0.25, 0.3) is 11.7 Å². The van der Waals surface area contributed by atoms with Gasteiger partial charge in [-0.1, -0.05) is 75.4 Å². The van der Waals surface area contributed by atoms with Crippen LogP contribution in [0.5, 0.6) is 11.5 Å². The van der Waals surface area contributed by atoms with Gasteiger partial charge in [-0.15, -0.1) is 0 Å². The Kier molecular flexibility index (Phi) is 14.8. The zero-order valence-corrected chi connectivity index (χ0v) is 40.6. The Morgan fingerprint density at radius 1 is 0.985 bits per heavy atom. The average Bonchev–Trinajstić information content (AvgIpc) is 3.76. The van der Waals surface area contributed by atoms with E-state index in [1.165, 1.54) is 46.3 Å². The lowest BCUT2D eigenvalue weighted by molar-refractivity contribution is -0.172. The quantitative estimate of drug-likeness (QED) is 0.0996. The molecule has 1 aromatic carbocycles. The number of phenols is 1. The molecule has 4 aliphatic heterocycles. The molecule has 5 bridgehead atoms. The highest BCUT2D eigenvalue weighted by Gasteiger charge is 2.54. The number of nitrogens with zero attached hydrogens (tertiary/aromatic N) is 2. The first-order valence-electron chi connectivity index (χ1n) is 22.0. The number of carbonyl (C=O) groups excluding carboxylic acids is 4. The number of esters is 1. The molecule has 1 aliphatic carbocycles. The number of Topliss-reactive ketones (excluding diaryl/α,β-unsaturated/α-hetero) is 2. The van der Waals surface area contributed by atoms with Gasteiger partial charge in [-0.3, -0.25) is 29.0 Å². The van der Waals surface area contributed by atoms with Gasteiger partial charge in [0.15, 0.2) is 5.92 Å². The lowest BCUT2D eigenvalue weighted by Crippen LogP contribution is -2.51. The molecule has 1 amide bonds. The van der Waals surface area contributed by atoms with Crippen LogP contribution in [0.4, 0.5) is 0 Å². The van der Waals surface area contributed by atoms with Crippen molar-refractivity contribution in [1.29, 1.82) is 0 Å². The number of benzene rings is 1. The Labute approximate surface area is 392 Å². The van der Waals surface area contributed by atoms with Gasteiger partial charge < -0.3 is 54.9 Å². The molecule has 1 saturated heterocycles. The summed E-state index contributed by atoms with van der Waals surface area (Å²) < 4.78 is 24.4. The van der Waals surface area contributed by atoms with Crippen molar-refractivity contribution in [2.24, 2.45) is 34.6 Å². The number of aromatic hydroxyl groups is 1. The molecule has 0 radical (unpaired) electrons. The second kappa shape index (κ2) is 19.3. The number of aliphatic hydroxyl groups is 2. The summed E-state index contributed by atoms with van der Waals surface area (Å²) in [5.74, 6) is -11.6. The summed E-state index contributed by atoms with van der Waals surface area (Å²) in [5, 5.41) is 50.8. The molecule has 11 atom stereocenters. The predicted octanol–water partition coefficient (Wildman–Crippen LogP) is 4.48. The Hall–Kier alpha value is -4.63. The number of aliphatic carboxylic acids is 1. The highest BCUT2D eigenvalue weighted by molar-refractivity contribution is 14.1. The van der Waals surface area contributed by atoms with E-state index in [2.05, 4.69) is 45.0 Å². The summed E-state index contributed by atoms with van der Waals surface area (Å²) in [6.45, 7) is 16.7. The zero-order chi connectivity index (χ0) is 48.0. The van der Waals surface area contributed by atoms with Crippen molar-refractivity contribution >= 4 is 57.7 Å². The molecular weight excluding hydrogens is 955 g/mol. The molecule has 0 aromatic heterocycles. The largest absolute Gasteiger partial charge is 0.507 e. The third-order valence-electron chi connectivity index (χ3n) is 13.5. The lowest BCUT2D eigenvalue weighted by atomic mass is 9.78. The number of aliphatic hydroxyl groups excluding tert-OH is 2. The van der Waals surface area contributed by atoms with Crippen molar-refractivity contribution in [3.8, 4) is 11.5 Å². The number of fused-ring (bicyclic) bond motifs is 3. The maximum atomic E-state index is 14.8. The SMILES string of the molecule is CO[C@H]1/C=C/O[C@@]2(C)Oc3c(C)c(O)c4c(c3C2=O)C2=NC3(CCN(CC(C)I)CC3)NC2=C(NC(=O)/C(C)=C\C=C\[C@H](C)[C@H](O)[C@@H](C)[C@@H](O)[C@@H](C)[C@H](OC(=O)C(C)C(=O)O)[C@@H]1C)C4=O. The van der Waals surface area contributed by atoms with Crippen molar-refractivity contribution in [2.75, 3.05) is 26.7 Å². The van der Waals surface area contributed by atoms with Crippen LogP contribution in [0.25, 0.3) is 0 Å². The van der Waals surface area contributed by atoms with Crippen molar-refractivity contribution in [3.05, 3.63) is 69.8 Å². The second-order valence-corrected chi connectivity index (χ2v) is 20.4. The minimum Gasteiger partial charge on any atom is -0.507 e. The first-order valence-corrected chi connectivity index (χ1v) is 23.2. The average molecular weight is 1020 g/mol. The van der Waals surface area contributed by atoms with E-state index < -0.39 is 101 Å². The number of piperidine rings is 1. The monoisotopic (exact) mass is 1020 g/mol. The molecule has 5 aliphatic rings. The number of nitrogens with one attached hydrogen (secondary N) is 2. The molecule has 0 saturated carbocycles. The number of carboxylic acids is 1. The Bertz CT molecular complexity index is 2280. The number of phenolic OH excluding ortho intramolecular Hbond substituents is 1. The van der Waals surface area contributed by atoms with Gasteiger partial charge >= 0.3 is 17.7 Å². The van der Waals surface area contributed by atoms with E-state index in [0.717, 1.165) is 6.54 Å². The maximum Gasteiger partial charge on any atom is 0.320 e. The number of carbonyl (C=O) groups is 5. The van der Waals surface area contributed by atoms with Gasteiger partial charge in [0.1, 0.15) is 29.0 Å². The fourth-order valence-corrected chi connectivity index (χ4v) is 9.82. The van der Waals surface area contributed by atoms with Gasteiger partial charge in [0.2, 0.25) is 5.78 Å². The van der Waals surface area contributed by atoms with Crippen LogP contribution in [0.15, 0.2) is 52.5 Å². The minimum atomic E-state index is -2.04. The molecule has 354 valence electrons. The number of methoxy groups -OCH3 is 1. The van der Waals surface area contributed by atoms with E-state index in [9.17, 15) is 44.4 Å². The zero-order valence-electron chi connectivity index (χ0n) is 38.4. The normalized spacial score (nSPS) is 33.3. The van der Waals surface area contributed by atoms with Crippen molar-refractivity contribution in [2.45, 2.75) is 115 Å². The summed E-state index contributed by atoms with van der Waals surface area (Å²) >= 11 is 2.39. The van der Waals surface area contributed by atoms with Gasteiger partial charge in [0.05, 0.1) is 47.1 Å². The van der Waals surface area contributed by atoms with E-state index in [-0.39, 0.29) is 50.7 Å². The first-order chi connectivity index (χ1) is 30.5. The molecule has 6 rings (SSSR count). The number of ketones is 2. The summed E-state index contributed by atoms with van der Waals surface area (Å²) in [5.41, 5.74) is -0.537. The number of hydrogen-bond acceptors (Lipinski definition) is 15. The standard InChI is InChI=1S/C47H61IN4O13/c1-21-12-11-13-22(2)43(58)49-35-34-33(50-47(51-34)15-17-52(18-16-47)20-23(3)48)30-31(39(35)56)38(55)27(7)41-32(30)42(57)46(9,65-41)63-19-14-29(62-10)24(4)40(64-45(61)28(8)44(59)60)26(6)37(54)25(5)36(21)53/h11-14,19,21,23-26,28-29,36-37,40,51,53-55H,15-18,20H2,1-10H3,(H,49,58)(H,59,60)/b12-11+,19-14+,22-13-/t21-,23?,24+,25+,26+,28?,29-,36-,37+,40+,46-/m0/s1. The van der Waals surface area contributed by atoms with Gasteiger partial charge in [0, 0.05) is 90.8 Å². The van der Waals surface area contributed by atoms with Gasteiger partial charge in [-0.25, -0.2) is 0 Å². The smallest absolute Gasteiger partial charge is 0.320 e. The molecule has 18 heteroatoms. The summed E-state index contributed by atoms with van der Waals surface area (Å²) in [6, 6.07) is 0. The number of allylic oxidation sites excluding steroid dienone is 4. The minimum absolute atomic E-state index is 0.0168. The van der Waals surface area contributed by atoms with Crippen LogP contribution in [0, 0.1) is 36.5 Å². The molecule has 17 nitrogen and oxygen atoms in total. The van der Waals surface area contributed by atoms with E-state index in [1.54, 1.807) is 46.8 Å². The number of alkyl halides is 1. The van der Waals surface area contributed by atoms with Crippen LogP contribution < -0.4 is 15.4 Å². The molecule has 1 aromatic rings.